The van der Waals surface area contributed by atoms with E-state index in [1.165, 1.54) is 17.6 Å². The number of nitrogens with zero attached hydrogens (tertiary/aromatic N) is 2. The third-order valence-electron chi connectivity index (χ3n) is 4.40. The van der Waals surface area contributed by atoms with Crippen LogP contribution in [0.4, 0.5) is 5.00 Å². The number of nitrogens with one attached hydrogen (secondary N) is 2. The molecular weight excluding hydrogens is 368 g/mol. The Morgan fingerprint density at radius 2 is 1.96 bits per heavy atom. The van der Waals surface area contributed by atoms with Crippen molar-refractivity contribution in [1.82, 2.24) is 15.1 Å². The van der Waals surface area contributed by atoms with E-state index in [-0.39, 0.29) is 23.5 Å². The zero-order valence-corrected chi connectivity index (χ0v) is 16.1. The highest BCUT2D eigenvalue weighted by Gasteiger charge is 2.25. The maximum absolute atomic E-state index is 12.8. The first-order chi connectivity index (χ1) is 13.0. The van der Waals surface area contributed by atoms with Crippen LogP contribution in [0.2, 0.25) is 0 Å². The van der Waals surface area contributed by atoms with E-state index < -0.39 is 0 Å². The number of aryl methyl sites for hydroxylation is 1. The molecule has 2 N–H and O–H groups in total. The van der Waals surface area contributed by atoms with Gasteiger partial charge < -0.3 is 20.0 Å². The standard InChI is InChI=1S/C18H22N4O4S/c1-12-10-15(20-17(24)13-4-3-9-26-13)27-16(12)18(25)22-7-5-21(6-8-22)11-14(23)19-2/h3-4,9-10H,5-8,11H2,1-2H3,(H,19,23)(H,20,24). The largest absolute Gasteiger partial charge is 0.459 e. The van der Waals surface area contributed by atoms with Gasteiger partial charge in [0.1, 0.15) is 0 Å². The Bertz CT molecular complexity index is 823. The van der Waals surface area contributed by atoms with Gasteiger partial charge in [0.2, 0.25) is 5.91 Å². The number of carbonyl (C=O) groups excluding carboxylic acids is 3. The van der Waals surface area contributed by atoms with Crippen molar-refractivity contribution in [2.24, 2.45) is 0 Å². The van der Waals surface area contributed by atoms with E-state index in [9.17, 15) is 14.4 Å². The molecule has 0 aromatic carbocycles. The maximum atomic E-state index is 12.8. The molecule has 0 radical (unpaired) electrons. The Morgan fingerprint density at radius 1 is 1.22 bits per heavy atom. The second kappa shape index (κ2) is 8.36. The van der Waals surface area contributed by atoms with Gasteiger partial charge >= 0.3 is 0 Å². The average Bonchev–Trinajstić information content (AvgIpc) is 3.31. The molecule has 9 heteroatoms. The van der Waals surface area contributed by atoms with Crippen LogP contribution in [0.15, 0.2) is 28.9 Å². The van der Waals surface area contributed by atoms with Crippen molar-refractivity contribution in [3.05, 3.63) is 40.7 Å². The van der Waals surface area contributed by atoms with Crippen LogP contribution < -0.4 is 10.6 Å². The molecule has 3 heterocycles. The Morgan fingerprint density at radius 3 is 2.59 bits per heavy atom. The van der Waals surface area contributed by atoms with Gasteiger partial charge in [0.15, 0.2) is 5.76 Å². The number of rotatable bonds is 5. The minimum absolute atomic E-state index is 0.0270. The number of carbonyl (C=O) groups is 3. The number of hydrogen-bond donors (Lipinski definition) is 2. The molecule has 0 spiro atoms. The number of piperazine rings is 1. The number of thiophene rings is 1. The molecule has 0 aliphatic carbocycles. The number of hydrogen-bond acceptors (Lipinski definition) is 6. The fourth-order valence-electron chi connectivity index (χ4n) is 2.87. The lowest BCUT2D eigenvalue weighted by molar-refractivity contribution is -0.122. The molecule has 8 nitrogen and oxygen atoms in total. The van der Waals surface area contributed by atoms with E-state index in [1.807, 2.05) is 11.8 Å². The lowest BCUT2D eigenvalue weighted by Crippen LogP contribution is -2.50. The highest BCUT2D eigenvalue weighted by Crippen LogP contribution is 2.28. The summed E-state index contributed by atoms with van der Waals surface area (Å²) >= 11 is 1.26. The first-order valence-corrected chi connectivity index (χ1v) is 9.47. The Labute approximate surface area is 161 Å². The molecule has 0 atom stereocenters. The van der Waals surface area contributed by atoms with Crippen molar-refractivity contribution in [2.45, 2.75) is 6.92 Å². The van der Waals surface area contributed by atoms with Gasteiger partial charge in [-0.05, 0) is 30.7 Å². The number of amides is 3. The number of furan rings is 1. The number of likely N-dealkylation sites (N-methyl/N-ethyl adjacent to an activating group) is 1. The lowest BCUT2D eigenvalue weighted by Gasteiger charge is -2.34. The topological polar surface area (TPSA) is 94.9 Å². The van der Waals surface area contributed by atoms with Crippen molar-refractivity contribution in [3.8, 4) is 0 Å². The molecular formula is C18H22N4O4S. The zero-order chi connectivity index (χ0) is 19.4. The minimum Gasteiger partial charge on any atom is -0.459 e. The summed E-state index contributed by atoms with van der Waals surface area (Å²) in [7, 11) is 1.62. The van der Waals surface area contributed by atoms with Crippen molar-refractivity contribution in [2.75, 3.05) is 45.1 Å². The highest BCUT2D eigenvalue weighted by atomic mass is 32.1. The van der Waals surface area contributed by atoms with E-state index in [4.69, 9.17) is 4.42 Å². The van der Waals surface area contributed by atoms with Crippen LogP contribution in [0.1, 0.15) is 25.8 Å². The maximum Gasteiger partial charge on any atom is 0.291 e. The molecule has 1 aliphatic heterocycles. The summed E-state index contributed by atoms with van der Waals surface area (Å²) in [5.41, 5.74) is 0.826. The van der Waals surface area contributed by atoms with Crippen molar-refractivity contribution >= 4 is 34.1 Å². The van der Waals surface area contributed by atoms with Gasteiger partial charge in [-0.2, -0.15) is 0 Å². The first-order valence-electron chi connectivity index (χ1n) is 8.65. The van der Waals surface area contributed by atoms with Gasteiger partial charge in [0, 0.05) is 33.2 Å². The molecule has 1 fully saturated rings. The molecule has 2 aromatic rings. The van der Waals surface area contributed by atoms with Crippen LogP contribution in [0.3, 0.4) is 0 Å². The fourth-order valence-corrected chi connectivity index (χ4v) is 3.91. The summed E-state index contributed by atoms with van der Waals surface area (Å²) in [5, 5.41) is 5.98. The predicted molar refractivity (Wildman–Crippen MR) is 102 cm³/mol. The SMILES string of the molecule is CNC(=O)CN1CCN(C(=O)c2sc(NC(=O)c3ccco3)cc2C)CC1. The van der Waals surface area contributed by atoms with Gasteiger partial charge in [-0.1, -0.05) is 0 Å². The monoisotopic (exact) mass is 390 g/mol. The van der Waals surface area contributed by atoms with Crippen LogP contribution >= 0.6 is 11.3 Å². The Hall–Kier alpha value is -2.65. The Kier molecular flexibility index (Phi) is 5.92. The molecule has 144 valence electrons. The molecule has 0 unspecified atom stereocenters. The number of anilines is 1. The summed E-state index contributed by atoms with van der Waals surface area (Å²) in [6.45, 7) is 4.66. The quantitative estimate of drug-likeness (QED) is 0.805. The smallest absolute Gasteiger partial charge is 0.291 e. The van der Waals surface area contributed by atoms with Crippen LogP contribution in [0.5, 0.6) is 0 Å². The summed E-state index contributed by atoms with van der Waals surface area (Å²) in [5.74, 6) is -0.194. The molecule has 2 aromatic heterocycles. The van der Waals surface area contributed by atoms with Crippen LogP contribution in [0, 0.1) is 6.92 Å². The third kappa shape index (κ3) is 4.55. The summed E-state index contributed by atoms with van der Waals surface area (Å²) in [6.07, 6.45) is 1.44. The lowest BCUT2D eigenvalue weighted by atomic mass is 10.2. The predicted octanol–water partition coefficient (Wildman–Crippen LogP) is 1.41. The van der Waals surface area contributed by atoms with E-state index in [0.29, 0.717) is 42.6 Å². The van der Waals surface area contributed by atoms with Gasteiger partial charge in [-0.25, -0.2) is 0 Å². The summed E-state index contributed by atoms with van der Waals surface area (Å²) in [4.78, 5) is 40.8. The second-order valence-electron chi connectivity index (χ2n) is 6.30. The van der Waals surface area contributed by atoms with Crippen molar-refractivity contribution in [1.29, 1.82) is 0 Å². The highest BCUT2D eigenvalue weighted by molar-refractivity contribution is 7.18. The van der Waals surface area contributed by atoms with Crippen LogP contribution in [0.25, 0.3) is 0 Å². The van der Waals surface area contributed by atoms with Crippen LogP contribution in [-0.2, 0) is 4.79 Å². The third-order valence-corrected chi connectivity index (χ3v) is 5.54. The molecule has 27 heavy (non-hydrogen) atoms. The molecule has 0 saturated carbocycles. The van der Waals surface area contributed by atoms with Gasteiger partial charge in [0.05, 0.1) is 22.7 Å². The fraction of sp³-hybridized carbons (Fsp3) is 0.389. The van der Waals surface area contributed by atoms with Gasteiger partial charge in [-0.3, -0.25) is 19.3 Å². The van der Waals surface area contributed by atoms with E-state index in [0.717, 1.165) is 5.56 Å². The second-order valence-corrected chi connectivity index (χ2v) is 7.35. The zero-order valence-electron chi connectivity index (χ0n) is 15.3. The van der Waals surface area contributed by atoms with Crippen molar-refractivity contribution < 1.29 is 18.8 Å². The van der Waals surface area contributed by atoms with E-state index in [1.54, 1.807) is 30.1 Å². The van der Waals surface area contributed by atoms with Gasteiger partial charge in [-0.15, -0.1) is 11.3 Å². The molecule has 1 aliphatic rings. The van der Waals surface area contributed by atoms with Crippen LogP contribution in [-0.4, -0.2) is 67.3 Å². The van der Waals surface area contributed by atoms with Gasteiger partial charge in [0.25, 0.3) is 11.8 Å². The van der Waals surface area contributed by atoms with Crippen molar-refractivity contribution in [3.63, 3.8) is 0 Å². The Balaban J connectivity index is 1.60. The molecule has 3 rings (SSSR count). The summed E-state index contributed by atoms with van der Waals surface area (Å²) in [6, 6.07) is 5.02. The van der Waals surface area contributed by atoms with E-state index >= 15 is 0 Å². The average molecular weight is 390 g/mol. The van der Waals surface area contributed by atoms with E-state index in [2.05, 4.69) is 10.6 Å². The molecule has 0 bridgehead atoms. The molecule has 3 amide bonds. The summed E-state index contributed by atoms with van der Waals surface area (Å²) < 4.78 is 5.08. The minimum atomic E-state index is -0.344. The first kappa shape index (κ1) is 19.1. The normalized spacial score (nSPS) is 14.8. The molecule has 1 saturated heterocycles.